The van der Waals surface area contributed by atoms with Crippen molar-refractivity contribution in [2.75, 3.05) is 6.61 Å². The summed E-state index contributed by atoms with van der Waals surface area (Å²) in [5.74, 6) is 0. The van der Waals surface area contributed by atoms with E-state index in [0.717, 1.165) is 19.5 Å². The van der Waals surface area contributed by atoms with E-state index in [1.54, 1.807) is 0 Å². The third-order valence-corrected chi connectivity index (χ3v) is 2.32. The molecule has 1 aromatic rings. The summed E-state index contributed by atoms with van der Waals surface area (Å²) in [7, 11) is 0. The van der Waals surface area contributed by atoms with Gasteiger partial charge < -0.3 is 10.4 Å². The third kappa shape index (κ3) is 3.12. The molecule has 1 aromatic heterocycles. The molecule has 4 nitrogen and oxygen atoms in total. The Labute approximate surface area is 84.9 Å². The maximum Gasteiger partial charge on any atom is 0.0584 e. The van der Waals surface area contributed by atoms with Gasteiger partial charge in [-0.1, -0.05) is 6.92 Å². The molecule has 0 spiro atoms. The fourth-order valence-electron chi connectivity index (χ4n) is 1.27. The van der Waals surface area contributed by atoms with Crippen molar-refractivity contribution in [3.05, 3.63) is 18.0 Å². The standard InChI is InChI=1S/C10H19N3O/c1-3-10(8-14)11-5-9-6-12-13(4-2)7-9/h6-7,10-11,14H,3-5,8H2,1-2H3. The van der Waals surface area contributed by atoms with Gasteiger partial charge in [-0.25, -0.2) is 0 Å². The largest absolute Gasteiger partial charge is 0.395 e. The van der Waals surface area contributed by atoms with Crippen LogP contribution in [0.5, 0.6) is 0 Å². The van der Waals surface area contributed by atoms with Gasteiger partial charge in [-0.2, -0.15) is 5.10 Å². The Morgan fingerprint density at radius 1 is 1.57 bits per heavy atom. The highest BCUT2D eigenvalue weighted by molar-refractivity contribution is 5.03. The minimum atomic E-state index is 0.193. The van der Waals surface area contributed by atoms with E-state index in [0.29, 0.717) is 0 Å². The number of hydrogen-bond acceptors (Lipinski definition) is 3. The predicted octanol–water partition coefficient (Wildman–Crippen LogP) is 0.763. The lowest BCUT2D eigenvalue weighted by atomic mass is 10.2. The quantitative estimate of drug-likeness (QED) is 0.708. The van der Waals surface area contributed by atoms with Crippen molar-refractivity contribution < 1.29 is 5.11 Å². The second-order valence-electron chi connectivity index (χ2n) is 3.37. The van der Waals surface area contributed by atoms with Gasteiger partial charge in [-0.05, 0) is 13.3 Å². The number of rotatable bonds is 6. The Morgan fingerprint density at radius 2 is 2.36 bits per heavy atom. The summed E-state index contributed by atoms with van der Waals surface area (Å²) in [5, 5.41) is 16.4. The van der Waals surface area contributed by atoms with Crippen LogP contribution < -0.4 is 5.32 Å². The molecule has 1 unspecified atom stereocenters. The van der Waals surface area contributed by atoms with Crippen LogP contribution in [0.1, 0.15) is 25.8 Å². The minimum Gasteiger partial charge on any atom is -0.395 e. The Balaban J connectivity index is 2.37. The molecule has 0 bridgehead atoms. The fourth-order valence-corrected chi connectivity index (χ4v) is 1.27. The topological polar surface area (TPSA) is 50.1 Å². The number of nitrogens with one attached hydrogen (secondary N) is 1. The summed E-state index contributed by atoms with van der Waals surface area (Å²) in [6, 6.07) is 0.194. The molecule has 4 heteroatoms. The lowest BCUT2D eigenvalue weighted by Gasteiger charge is -2.12. The molecule has 0 aliphatic heterocycles. The molecule has 1 atom stereocenters. The Morgan fingerprint density at radius 3 is 2.86 bits per heavy atom. The monoisotopic (exact) mass is 197 g/mol. The number of aliphatic hydroxyl groups is 1. The second-order valence-corrected chi connectivity index (χ2v) is 3.37. The average molecular weight is 197 g/mol. The average Bonchev–Trinajstić information content (AvgIpc) is 2.67. The molecule has 1 rings (SSSR count). The lowest BCUT2D eigenvalue weighted by molar-refractivity contribution is 0.238. The molecule has 80 valence electrons. The van der Waals surface area contributed by atoms with Crippen molar-refractivity contribution >= 4 is 0 Å². The van der Waals surface area contributed by atoms with Crippen LogP contribution in [-0.2, 0) is 13.1 Å². The summed E-state index contributed by atoms with van der Waals surface area (Å²) in [6.07, 6.45) is 4.83. The summed E-state index contributed by atoms with van der Waals surface area (Å²) in [5.41, 5.74) is 1.17. The first kappa shape index (κ1) is 11.2. The second kappa shape index (κ2) is 5.78. The molecule has 0 aliphatic rings. The molecular formula is C10H19N3O. The van der Waals surface area contributed by atoms with E-state index in [1.165, 1.54) is 5.56 Å². The van der Waals surface area contributed by atoms with Crippen LogP contribution in [0, 0.1) is 0 Å². The number of nitrogens with zero attached hydrogens (tertiary/aromatic N) is 2. The first-order chi connectivity index (χ1) is 6.80. The van der Waals surface area contributed by atoms with E-state index in [1.807, 2.05) is 17.1 Å². The highest BCUT2D eigenvalue weighted by Crippen LogP contribution is 1.98. The van der Waals surface area contributed by atoms with Gasteiger partial charge in [0, 0.05) is 30.9 Å². The molecule has 2 N–H and O–H groups in total. The van der Waals surface area contributed by atoms with Gasteiger partial charge in [-0.15, -0.1) is 0 Å². The van der Waals surface area contributed by atoms with Gasteiger partial charge in [0.15, 0.2) is 0 Å². The number of aryl methyl sites for hydroxylation is 1. The maximum absolute atomic E-state index is 8.97. The van der Waals surface area contributed by atoms with E-state index in [2.05, 4.69) is 24.3 Å². The van der Waals surface area contributed by atoms with E-state index < -0.39 is 0 Å². The molecule has 0 fully saturated rings. The van der Waals surface area contributed by atoms with Crippen LogP contribution in [0.3, 0.4) is 0 Å². The smallest absolute Gasteiger partial charge is 0.0584 e. The van der Waals surface area contributed by atoms with Crippen molar-refractivity contribution in [3.8, 4) is 0 Å². The van der Waals surface area contributed by atoms with Gasteiger partial charge in [0.25, 0.3) is 0 Å². The van der Waals surface area contributed by atoms with Crippen LogP contribution in [-0.4, -0.2) is 27.5 Å². The van der Waals surface area contributed by atoms with E-state index in [9.17, 15) is 0 Å². The summed E-state index contributed by atoms with van der Waals surface area (Å²) >= 11 is 0. The first-order valence-corrected chi connectivity index (χ1v) is 5.15. The Kier molecular flexibility index (Phi) is 4.62. The van der Waals surface area contributed by atoms with Gasteiger partial charge in [0.1, 0.15) is 0 Å². The molecule has 0 saturated carbocycles. The first-order valence-electron chi connectivity index (χ1n) is 5.15. The number of hydrogen-bond donors (Lipinski definition) is 2. The van der Waals surface area contributed by atoms with Gasteiger partial charge in [-0.3, -0.25) is 4.68 Å². The molecule has 1 heterocycles. The summed E-state index contributed by atoms with van der Waals surface area (Å²) < 4.78 is 1.90. The van der Waals surface area contributed by atoms with Crippen LogP contribution in [0.2, 0.25) is 0 Å². The van der Waals surface area contributed by atoms with Crippen molar-refractivity contribution in [2.24, 2.45) is 0 Å². The van der Waals surface area contributed by atoms with E-state index in [4.69, 9.17) is 5.11 Å². The zero-order valence-electron chi connectivity index (χ0n) is 8.90. The van der Waals surface area contributed by atoms with Crippen LogP contribution in [0.25, 0.3) is 0 Å². The SMILES string of the molecule is CCC(CO)NCc1cnn(CC)c1. The maximum atomic E-state index is 8.97. The third-order valence-electron chi connectivity index (χ3n) is 2.32. The molecule has 14 heavy (non-hydrogen) atoms. The highest BCUT2D eigenvalue weighted by atomic mass is 16.3. The predicted molar refractivity (Wildman–Crippen MR) is 55.9 cm³/mol. The molecule has 0 saturated heterocycles. The highest BCUT2D eigenvalue weighted by Gasteiger charge is 2.04. The minimum absolute atomic E-state index is 0.193. The summed E-state index contributed by atoms with van der Waals surface area (Å²) in [6.45, 7) is 5.99. The molecular weight excluding hydrogens is 178 g/mol. The molecule has 0 aliphatic carbocycles. The van der Waals surface area contributed by atoms with Crippen LogP contribution in [0.4, 0.5) is 0 Å². The number of aromatic nitrogens is 2. The molecule has 0 amide bonds. The van der Waals surface area contributed by atoms with Crippen molar-refractivity contribution in [1.29, 1.82) is 0 Å². The normalized spacial score (nSPS) is 13.1. The van der Waals surface area contributed by atoms with Gasteiger partial charge >= 0.3 is 0 Å². The van der Waals surface area contributed by atoms with Crippen LogP contribution >= 0.6 is 0 Å². The van der Waals surface area contributed by atoms with Crippen LogP contribution in [0.15, 0.2) is 12.4 Å². The fraction of sp³-hybridized carbons (Fsp3) is 0.700. The van der Waals surface area contributed by atoms with Gasteiger partial charge in [0.2, 0.25) is 0 Å². The van der Waals surface area contributed by atoms with Crippen molar-refractivity contribution in [1.82, 2.24) is 15.1 Å². The molecule has 0 aromatic carbocycles. The molecule has 0 radical (unpaired) electrons. The van der Waals surface area contributed by atoms with Crippen molar-refractivity contribution in [2.45, 2.75) is 39.4 Å². The van der Waals surface area contributed by atoms with Crippen molar-refractivity contribution in [3.63, 3.8) is 0 Å². The Hall–Kier alpha value is -0.870. The Bertz CT molecular complexity index is 256. The summed E-state index contributed by atoms with van der Waals surface area (Å²) in [4.78, 5) is 0. The van der Waals surface area contributed by atoms with Gasteiger partial charge in [0.05, 0.1) is 12.8 Å². The zero-order valence-corrected chi connectivity index (χ0v) is 8.90. The lowest BCUT2D eigenvalue weighted by Crippen LogP contribution is -2.31. The zero-order chi connectivity index (χ0) is 10.4. The van der Waals surface area contributed by atoms with E-state index >= 15 is 0 Å². The van der Waals surface area contributed by atoms with E-state index in [-0.39, 0.29) is 12.6 Å². The number of aliphatic hydroxyl groups excluding tert-OH is 1.